The highest BCUT2D eigenvalue weighted by atomic mass is 32.2. The van der Waals surface area contributed by atoms with Gasteiger partial charge in [-0.25, -0.2) is 8.42 Å². The third-order valence-electron chi connectivity index (χ3n) is 5.16. The summed E-state index contributed by atoms with van der Waals surface area (Å²) < 4.78 is 39.6. The molecule has 156 valence electrons. The molecule has 6 heteroatoms. The van der Waals surface area contributed by atoms with E-state index in [4.69, 9.17) is 9.47 Å². The summed E-state index contributed by atoms with van der Waals surface area (Å²) in [6.45, 7) is 3.71. The minimum atomic E-state index is -3.60. The molecule has 0 bridgehead atoms. The molecule has 4 rings (SSSR count). The predicted octanol–water partition coefficient (Wildman–Crippen LogP) is 4.30. The monoisotopic (exact) mass is 423 g/mol. The molecule has 3 aromatic carbocycles. The van der Waals surface area contributed by atoms with Crippen molar-refractivity contribution in [3.05, 3.63) is 95.1 Å². The van der Waals surface area contributed by atoms with E-state index in [1.54, 1.807) is 12.1 Å². The first-order valence-electron chi connectivity index (χ1n) is 9.96. The zero-order chi connectivity index (χ0) is 21.0. The third kappa shape index (κ3) is 4.56. The molecule has 30 heavy (non-hydrogen) atoms. The Hall–Kier alpha value is -2.67. The van der Waals surface area contributed by atoms with E-state index in [-0.39, 0.29) is 6.54 Å². The van der Waals surface area contributed by atoms with Crippen molar-refractivity contribution in [3.63, 3.8) is 0 Å². The summed E-state index contributed by atoms with van der Waals surface area (Å²) in [5, 5.41) is 0. The van der Waals surface area contributed by atoms with Crippen LogP contribution in [-0.4, -0.2) is 25.9 Å². The zero-order valence-electron chi connectivity index (χ0n) is 17.0. The molecule has 0 amide bonds. The smallest absolute Gasteiger partial charge is 0.243 e. The van der Waals surface area contributed by atoms with Crippen LogP contribution in [0.1, 0.15) is 22.3 Å². The molecule has 1 heterocycles. The third-order valence-corrected chi connectivity index (χ3v) is 7.17. The van der Waals surface area contributed by atoms with Crippen molar-refractivity contribution in [2.45, 2.75) is 31.6 Å². The van der Waals surface area contributed by atoms with Gasteiger partial charge in [0.05, 0.1) is 18.1 Å². The fourth-order valence-electron chi connectivity index (χ4n) is 3.56. The lowest BCUT2D eigenvalue weighted by Gasteiger charge is -2.20. The van der Waals surface area contributed by atoms with Gasteiger partial charge in [0.15, 0.2) is 0 Å². The first kappa shape index (κ1) is 20.6. The summed E-state index contributed by atoms with van der Waals surface area (Å²) in [7, 11) is -3.60. The van der Waals surface area contributed by atoms with Crippen LogP contribution in [-0.2, 0) is 34.5 Å². The summed E-state index contributed by atoms with van der Waals surface area (Å²) in [5.74, 6) is 0.726. The molecule has 0 N–H and O–H groups in total. The number of sulfonamides is 1. The Balaban J connectivity index is 1.51. The van der Waals surface area contributed by atoms with Gasteiger partial charge in [0, 0.05) is 18.7 Å². The highest BCUT2D eigenvalue weighted by Crippen LogP contribution is 2.29. The molecule has 0 aliphatic carbocycles. The van der Waals surface area contributed by atoms with Crippen molar-refractivity contribution < 1.29 is 17.9 Å². The summed E-state index contributed by atoms with van der Waals surface area (Å²) >= 11 is 0. The number of aryl methyl sites for hydroxylation is 1. The number of hydrogen-bond donors (Lipinski definition) is 0. The van der Waals surface area contributed by atoms with Gasteiger partial charge in [-0.1, -0.05) is 54.6 Å². The molecule has 0 saturated heterocycles. The maximum Gasteiger partial charge on any atom is 0.243 e. The fourth-order valence-corrected chi connectivity index (χ4v) is 5.19. The molecular weight excluding hydrogens is 398 g/mol. The Bertz CT molecular complexity index is 1110. The number of nitrogens with zero attached hydrogens (tertiary/aromatic N) is 1. The van der Waals surface area contributed by atoms with E-state index in [1.165, 1.54) is 4.31 Å². The maximum atomic E-state index is 13.2. The second kappa shape index (κ2) is 9.00. The van der Waals surface area contributed by atoms with Gasteiger partial charge in [0.1, 0.15) is 12.4 Å². The standard InChI is InChI=1S/C24H25NO4S/c1-19-7-5-6-10-24(19)30(26,27)25-13-14-29-23-12-11-21(15-22(23)16-25)18-28-17-20-8-3-2-4-9-20/h2-12,15H,13-14,16-18H2,1H3. The highest BCUT2D eigenvalue weighted by Gasteiger charge is 2.28. The Kier molecular flexibility index (Phi) is 6.18. The van der Waals surface area contributed by atoms with Crippen LogP contribution in [0.2, 0.25) is 0 Å². The van der Waals surface area contributed by atoms with Crippen molar-refractivity contribution >= 4 is 10.0 Å². The van der Waals surface area contributed by atoms with Gasteiger partial charge >= 0.3 is 0 Å². The quantitative estimate of drug-likeness (QED) is 0.593. The van der Waals surface area contributed by atoms with Crippen LogP contribution in [0.3, 0.4) is 0 Å². The molecule has 0 fully saturated rings. The number of benzene rings is 3. The van der Waals surface area contributed by atoms with E-state index in [0.29, 0.717) is 31.3 Å². The first-order valence-corrected chi connectivity index (χ1v) is 11.4. The van der Waals surface area contributed by atoms with E-state index in [9.17, 15) is 8.42 Å². The lowest BCUT2D eigenvalue weighted by Crippen LogP contribution is -2.33. The molecule has 0 atom stereocenters. The summed E-state index contributed by atoms with van der Waals surface area (Å²) in [6.07, 6.45) is 0. The second-order valence-electron chi connectivity index (χ2n) is 7.37. The Labute approximate surface area is 177 Å². The molecule has 5 nitrogen and oxygen atoms in total. The Morgan fingerprint density at radius 3 is 2.47 bits per heavy atom. The van der Waals surface area contributed by atoms with E-state index < -0.39 is 10.0 Å². The van der Waals surface area contributed by atoms with Crippen LogP contribution in [0.25, 0.3) is 0 Å². The van der Waals surface area contributed by atoms with Crippen LogP contribution in [0, 0.1) is 6.92 Å². The molecular formula is C24H25NO4S. The van der Waals surface area contributed by atoms with E-state index in [1.807, 2.05) is 67.6 Å². The zero-order valence-corrected chi connectivity index (χ0v) is 17.8. The average molecular weight is 424 g/mol. The normalized spacial score (nSPS) is 14.6. The molecule has 3 aromatic rings. The first-order chi connectivity index (χ1) is 14.5. The molecule has 1 aliphatic rings. The van der Waals surface area contributed by atoms with Crippen molar-refractivity contribution in [2.24, 2.45) is 0 Å². The predicted molar refractivity (Wildman–Crippen MR) is 116 cm³/mol. The Morgan fingerprint density at radius 1 is 0.933 bits per heavy atom. The molecule has 0 radical (unpaired) electrons. The highest BCUT2D eigenvalue weighted by molar-refractivity contribution is 7.89. The van der Waals surface area contributed by atoms with Gasteiger partial charge in [-0.2, -0.15) is 4.31 Å². The van der Waals surface area contributed by atoms with Crippen LogP contribution in [0.5, 0.6) is 5.75 Å². The lowest BCUT2D eigenvalue weighted by atomic mass is 10.1. The van der Waals surface area contributed by atoms with Crippen LogP contribution in [0.4, 0.5) is 0 Å². The molecule has 0 aromatic heterocycles. The number of fused-ring (bicyclic) bond motifs is 1. The topological polar surface area (TPSA) is 55.8 Å². The minimum Gasteiger partial charge on any atom is -0.492 e. The minimum absolute atomic E-state index is 0.276. The largest absolute Gasteiger partial charge is 0.492 e. The van der Waals surface area contributed by atoms with Crippen LogP contribution >= 0.6 is 0 Å². The van der Waals surface area contributed by atoms with Crippen molar-refractivity contribution in [3.8, 4) is 5.75 Å². The van der Waals surface area contributed by atoms with Gasteiger partial charge in [0.2, 0.25) is 10.0 Å². The maximum absolute atomic E-state index is 13.2. The van der Waals surface area contributed by atoms with Crippen molar-refractivity contribution in [1.82, 2.24) is 4.31 Å². The lowest BCUT2D eigenvalue weighted by molar-refractivity contribution is 0.107. The SMILES string of the molecule is Cc1ccccc1S(=O)(=O)N1CCOc2ccc(COCc3ccccc3)cc2C1. The van der Waals surface area contributed by atoms with Gasteiger partial charge in [-0.05, 0) is 41.8 Å². The molecule has 0 spiro atoms. The summed E-state index contributed by atoms with van der Waals surface area (Å²) in [4.78, 5) is 0.343. The molecule has 0 saturated carbocycles. The number of rotatable bonds is 6. The summed E-state index contributed by atoms with van der Waals surface area (Å²) in [5.41, 5.74) is 3.70. The van der Waals surface area contributed by atoms with E-state index in [0.717, 1.165) is 28.0 Å². The Morgan fingerprint density at radius 2 is 1.67 bits per heavy atom. The summed E-state index contributed by atoms with van der Waals surface area (Å²) in [6, 6.07) is 22.9. The van der Waals surface area contributed by atoms with Gasteiger partial charge in [-0.3, -0.25) is 0 Å². The van der Waals surface area contributed by atoms with E-state index >= 15 is 0 Å². The second-order valence-corrected chi connectivity index (χ2v) is 9.28. The van der Waals surface area contributed by atoms with Crippen molar-refractivity contribution in [1.29, 1.82) is 0 Å². The molecule has 1 aliphatic heterocycles. The van der Waals surface area contributed by atoms with Gasteiger partial charge in [-0.15, -0.1) is 0 Å². The number of hydrogen-bond acceptors (Lipinski definition) is 4. The van der Waals surface area contributed by atoms with E-state index in [2.05, 4.69) is 0 Å². The van der Waals surface area contributed by atoms with Gasteiger partial charge in [0.25, 0.3) is 0 Å². The van der Waals surface area contributed by atoms with Crippen LogP contribution in [0.15, 0.2) is 77.7 Å². The number of ether oxygens (including phenoxy) is 2. The van der Waals surface area contributed by atoms with Crippen LogP contribution < -0.4 is 4.74 Å². The van der Waals surface area contributed by atoms with Gasteiger partial charge < -0.3 is 9.47 Å². The van der Waals surface area contributed by atoms with Crippen molar-refractivity contribution in [2.75, 3.05) is 13.2 Å². The average Bonchev–Trinajstić information content (AvgIpc) is 2.97. The molecule has 0 unspecified atom stereocenters. The fraction of sp³-hybridized carbons (Fsp3) is 0.250.